The highest BCUT2D eigenvalue weighted by molar-refractivity contribution is 7.91. The number of fused-ring (bicyclic) bond motifs is 1. The van der Waals surface area contributed by atoms with Gasteiger partial charge in [0.25, 0.3) is 21.5 Å². The topological polar surface area (TPSA) is 92.6 Å². The van der Waals surface area contributed by atoms with Crippen molar-refractivity contribution >= 4 is 38.0 Å². The second kappa shape index (κ2) is 8.52. The Morgan fingerprint density at radius 3 is 2.35 bits per heavy atom. The summed E-state index contributed by atoms with van der Waals surface area (Å²) in [6.45, 7) is 5.22. The Hall–Kier alpha value is -2.56. The summed E-state index contributed by atoms with van der Waals surface area (Å²) in [5.41, 5.74) is 0.0185. The molecule has 3 heterocycles. The van der Waals surface area contributed by atoms with Crippen LogP contribution >= 0.6 is 11.3 Å². The zero-order valence-electron chi connectivity index (χ0n) is 17.4. The molecule has 1 aliphatic rings. The number of carbonyl (C=O) groups excluding carboxylic acids is 1. The van der Waals surface area contributed by atoms with Gasteiger partial charge in [-0.2, -0.15) is 9.40 Å². The number of thiophene rings is 1. The van der Waals surface area contributed by atoms with E-state index in [2.05, 4.69) is 5.10 Å². The molecule has 0 unspecified atom stereocenters. The lowest BCUT2D eigenvalue weighted by molar-refractivity contribution is 0.0691. The summed E-state index contributed by atoms with van der Waals surface area (Å²) in [5.74, 6) is -0.287. The van der Waals surface area contributed by atoms with Crippen molar-refractivity contribution in [3.05, 3.63) is 57.3 Å². The largest absolute Gasteiger partial charge is 0.335 e. The fraction of sp³-hybridized carbons (Fsp3) is 0.381. The van der Waals surface area contributed by atoms with E-state index in [4.69, 9.17) is 0 Å². The van der Waals surface area contributed by atoms with E-state index in [9.17, 15) is 18.0 Å². The first-order valence-electron chi connectivity index (χ1n) is 10.2. The SMILES string of the molecule is CCCn1nc(C(=O)N2CCN(S(=O)(=O)c3ccc(C)s3)CC2)c2ccccc2c1=O. The lowest BCUT2D eigenvalue weighted by Gasteiger charge is -2.33. The Morgan fingerprint density at radius 2 is 1.74 bits per heavy atom. The van der Waals surface area contributed by atoms with Crippen molar-refractivity contribution in [2.24, 2.45) is 0 Å². The summed E-state index contributed by atoms with van der Waals surface area (Å²) in [7, 11) is -3.56. The normalized spacial score (nSPS) is 15.5. The molecule has 2 aromatic heterocycles. The first kappa shape index (κ1) is 21.7. The van der Waals surface area contributed by atoms with Crippen LogP contribution in [0, 0.1) is 6.92 Å². The fourth-order valence-electron chi connectivity index (χ4n) is 3.72. The summed E-state index contributed by atoms with van der Waals surface area (Å²) in [4.78, 5) is 28.5. The molecule has 0 bridgehead atoms. The number of amides is 1. The molecule has 3 aromatic rings. The van der Waals surface area contributed by atoms with Crippen LogP contribution in [0.4, 0.5) is 0 Å². The lowest BCUT2D eigenvalue weighted by Crippen LogP contribution is -2.50. The number of hydrogen-bond donors (Lipinski definition) is 0. The van der Waals surface area contributed by atoms with E-state index >= 15 is 0 Å². The predicted octanol–water partition coefficient (Wildman–Crippen LogP) is 2.32. The zero-order valence-corrected chi connectivity index (χ0v) is 19.1. The molecule has 1 amide bonds. The molecule has 31 heavy (non-hydrogen) atoms. The lowest BCUT2D eigenvalue weighted by atomic mass is 10.1. The minimum Gasteiger partial charge on any atom is -0.335 e. The van der Waals surface area contributed by atoms with Crippen molar-refractivity contribution in [2.75, 3.05) is 26.2 Å². The van der Waals surface area contributed by atoms with E-state index in [-0.39, 0.29) is 43.3 Å². The van der Waals surface area contributed by atoms with E-state index in [1.165, 1.54) is 20.3 Å². The molecule has 0 atom stereocenters. The van der Waals surface area contributed by atoms with E-state index < -0.39 is 10.0 Å². The van der Waals surface area contributed by atoms with Gasteiger partial charge in [0.15, 0.2) is 5.69 Å². The molecule has 164 valence electrons. The number of hydrogen-bond acceptors (Lipinski definition) is 6. The Kier molecular flexibility index (Phi) is 5.96. The zero-order chi connectivity index (χ0) is 22.2. The van der Waals surface area contributed by atoms with Crippen molar-refractivity contribution < 1.29 is 13.2 Å². The maximum absolute atomic E-state index is 13.3. The average Bonchev–Trinajstić information content (AvgIpc) is 3.23. The summed E-state index contributed by atoms with van der Waals surface area (Å²) in [5, 5.41) is 5.35. The van der Waals surface area contributed by atoms with Gasteiger partial charge in [0, 0.05) is 43.0 Å². The second-order valence-electron chi connectivity index (χ2n) is 7.48. The highest BCUT2D eigenvalue weighted by Crippen LogP contribution is 2.25. The first-order valence-corrected chi connectivity index (χ1v) is 12.4. The van der Waals surface area contributed by atoms with Crippen molar-refractivity contribution in [3.8, 4) is 0 Å². The maximum Gasteiger partial charge on any atom is 0.275 e. The van der Waals surface area contributed by atoms with Crippen LogP contribution in [0.2, 0.25) is 0 Å². The molecular weight excluding hydrogens is 436 g/mol. The Morgan fingerprint density at radius 1 is 1.06 bits per heavy atom. The number of benzene rings is 1. The molecule has 0 N–H and O–H groups in total. The van der Waals surface area contributed by atoms with Gasteiger partial charge in [-0.3, -0.25) is 9.59 Å². The minimum absolute atomic E-state index is 0.212. The molecule has 0 aliphatic carbocycles. The molecule has 0 spiro atoms. The number of carbonyl (C=O) groups is 1. The van der Waals surface area contributed by atoms with E-state index in [0.29, 0.717) is 21.5 Å². The van der Waals surface area contributed by atoms with Crippen LogP contribution < -0.4 is 5.56 Å². The van der Waals surface area contributed by atoms with Gasteiger partial charge in [-0.05, 0) is 31.5 Å². The molecule has 0 radical (unpaired) electrons. The van der Waals surface area contributed by atoms with Crippen LogP contribution in [0.3, 0.4) is 0 Å². The quantitative estimate of drug-likeness (QED) is 0.583. The first-order chi connectivity index (χ1) is 14.8. The van der Waals surface area contributed by atoms with Crippen molar-refractivity contribution in [1.29, 1.82) is 0 Å². The third-order valence-corrected chi connectivity index (χ3v) is 8.71. The molecule has 1 aliphatic heterocycles. The average molecular weight is 461 g/mol. The highest BCUT2D eigenvalue weighted by atomic mass is 32.2. The van der Waals surface area contributed by atoms with Gasteiger partial charge in [-0.1, -0.05) is 25.1 Å². The molecule has 10 heteroatoms. The van der Waals surface area contributed by atoms with Crippen LogP contribution in [0.25, 0.3) is 10.8 Å². The third kappa shape index (κ3) is 4.02. The Bertz CT molecular complexity index is 1290. The smallest absolute Gasteiger partial charge is 0.275 e. The number of piperazine rings is 1. The molecule has 1 saturated heterocycles. The molecule has 4 rings (SSSR count). The van der Waals surface area contributed by atoms with Crippen LogP contribution in [0.5, 0.6) is 0 Å². The Balaban J connectivity index is 1.59. The summed E-state index contributed by atoms with van der Waals surface area (Å²) < 4.78 is 28.8. The van der Waals surface area contributed by atoms with Gasteiger partial charge in [0.05, 0.1) is 5.39 Å². The Labute approximate surface area is 184 Å². The van der Waals surface area contributed by atoms with Crippen molar-refractivity contribution in [1.82, 2.24) is 19.0 Å². The van der Waals surface area contributed by atoms with Crippen LogP contribution in [-0.2, 0) is 16.6 Å². The maximum atomic E-state index is 13.3. The van der Waals surface area contributed by atoms with Gasteiger partial charge in [-0.15, -0.1) is 11.3 Å². The third-order valence-electron chi connectivity index (χ3n) is 5.34. The van der Waals surface area contributed by atoms with Crippen molar-refractivity contribution in [3.63, 3.8) is 0 Å². The van der Waals surface area contributed by atoms with Gasteiger partial charge < -0.3 is 4.90 Å². The number of nitrogens with zero attached hydrogens (tertiary/aromatic N) is 4. The number of rotatable bonds is 5. The van der Waals surface area contributed by atoms with Gasteiger partial charge in [-0.25, -0.2) is 13.1 Å². The van der Waals surface area contributed by atoms with Crippen LogP contribution in [0.15, 0.2) is 45.4 Å². The van der Waals surface area contributed by atoms with Gasteiger partial charge in [0.1, 0.15) is 4.21 Å². The summed E-state index contributed by atoms with van der Waals surface area (Å²) in [6.07, 6.45) is 0.720. The van der Waals surface area contributed by atoms with Crippen LogP contribution in [0.1, 0.15) is 28.7 Å². The molecule has 1 aromatic carbocycles. The monoisotopic (exact) mass is 460 g/mol. The number of aryl methyl sites for hydroxylation is 2. The van der Waals surface area contributed by atoms with E-state index in [0.717, 1.165) is 11.3 Å². The fourth-order valence-corrected chi connectivity index (χ4v) is 6.58. The minimum atomic E-state index is -3.56. The van der Waals surface area contributed by atoms with E-state index in [1.54, 1.807) is 41.3 Å². The highest BCUT2D eigenvalue weighted by Gasteiger charge is 2.32. The van der Waals surface area contributed by atoms with E-state index in [1.807, 2.05) is 13.8 Å². The van der Waals surface area contributed by atoms with Crippen molar-refractivity contribution in [2.45, 2.75) is 31.0 Å². The molecular formula is C21H24N4O4S2. The number of sulfonamides is 1. The second-order valence-corrected chi connectivity index (χ2v) is 10.9. The molecule has 8 nitrogen and oxygen atoms in total. The van der Waals surface area contributed by atoms with Gasteiger partial charge in [0.2, 0.25) is 0 Å². The van der Waals surface area contributed by atoms with Gasteiger partial charge >= 0.3 is 0 Å². The molecule has 1 fully saturated rings. The summed E-state index contributed by atoms with van der Waals surface area (Å²) >= 11 is 1.25. The predicted molar refractivity (Wildman–Crippen MR) is 120 cm³/mol. The molecule has 0 saturated carbocycles. The standard InChI is InChI=1S/C21H24N4O4S2/c1-3-10-25-20(26)17-7-5-4-6-16(17)19(22-25)21(27)23-11-13-24(14-12-23)31(28,29)18-9-8-15(2)30-18/h4-9H,3,10-14H2,1-2H3. The summed E-state index contributed by atoms with van der Waals surface area (Å²) in [6, 6.07) is 10.4. The number of aromatic nitrogens is 2. The van der Waals surface area contributed by atoms with Crippen LogP contribution in [-0.4, -0.2) is 59.5 Å².